The number of nitrogens with one attached hydrogen (secondary N) is 2. The Hall–Kier alpha value is -14.7. The van der Waals surface area contributed by atoms with Crippen LogP contribution >= 0.6 is 0 Å². The van der Waals surface area contributed by atoms with Crippen molar-refractivity contribution in [1.29, 1.82) is 0 Å². The molecular formula is C99H77N5O4. The number of nitrogens with zero attached hydrogens (tertiary/aromatic N) is 3. The maximum absolute atomic E-state index is 6.24. The summed E-state index contributed by atoms with van der Waals surface area (Å²) in [7, 11) is 0. The van der Waals surface area contributed by atoms with Crippen LogP contribution in [0, 0.1) is 0 Å². The minimum absolute atomic E-state index is 0. The van der Waals surface area contributed by atoms with Gasteiger partial charge in [-0.05, 0) is 83.4 Å². The Morgan fingerprint density at radius 2 is 0.556 bits per heavy atom. The van der Waals surface area contributed by atoms with E-state index in [-0.39, 0.29) is 2.85 Å². The van der Waals surface area contributed by atoms with Crippen molar-refractivity contribution in [3.05, 3.63) is 431 Å². The Kier molecular flexibility index (Phi) is 22.1. The molecule has 0 saturated heterocycles. The van der Waals surface area contributed by atoms with Crippen LogP contribution in [0.15, 0.2) is 449 Å². The number of benzene rings is 14. The van der Waals surface area contributed by atoms with Gasteiger partial charge in [0.15, 0.2) is 5.76 Å². The Bertz CT molecular complexity index is 5540. The molecule has 522 valence electrons. The zero-order chi connectivity index (χ0) is 72.7. The zero-order valence-corrected chi connectivity index (χ0v) is 59.0. The molecule has 0 spiro atoms. The van der Waals surface area contributed by atoms with Gasteiger partial charge in [0.1, 0.15) is 23.0 Å². The van der Waals surface area contributed by atoms with E-state index in [4.69, 9.17) is 17.7 Å². The summed E-state index contributed by atoms with van der Waals surface area (Å²) in [5.41, 5.74) is 18.0. The molecule has 9 heteroatoms. The Morgan fingerprint density at radius 1 is 0.222 bits per heavy atom. The van der Waals surface area contributed by atoms with Gasteiger partial charge in [-0.25, -0.2) is 4.98 Å². The number of rotatable bonds is 11. The largest absolute Gasteiger partial charge is 0.456 e. The number of furan rings is 2. The lowest BCUT2D eigenvalue weighted by atomic mass is 9.98. The van der Waals surface area contributed by atoms with E-state index in [1.807, 2.05) is 249 Å². The molecule has 0 amide bonds. The van der Waals surface area contributed by atoms with Crippen LogP contribution in [0.4, 0.5) is 0 Å². The molecule has 0 aliphatic heterocycles. The third-order valence-corrected chi connectivity index (χ3v) is 17.9. The Morgan fingerprint density at radius 3 is 0.991 bits per heavy atom. The van der Waals surface area contributed by atoms with Gasteiger partial charge in [-0.3, -0.25) is 0 Å². The monoisotopic (exact) mass is 1400 g/mol. The number of H-pyrrole nitrogens is 2. The van der Waals surface area contributed by atoms with E-state index in [9.17, 15) is 0 Å². The zero-order valence-electron chi connectivity index (χ0n) is 59.0. The summed E-state index contributed by atoms with van der Waals surface area (Å²) in [6, 6.07) is 143. The maximum atomic E-state index is 6.24. The van der Waals surface area contributed by atoms with Crippen LogP contribution in [0.5, 0.6) is 0 Å². The lowest BCUT2D eigenvalue weighted by Gasteiger charge is -2.05. The van der Waals surface area contributed by atoms with Crippen molar-refractivity contribution in [3.8, 4) is 125 Å². The summed E-state index contributed by atoms with van der Waals surface area (Å²) in [5.74, 6) is 6.23. The SMILES string of the molecule is [HH].[HH].c1ccc(-c2[nH]c3ccccc3c2-c2ccccc2)cc1.c1ccc(-c2cc3ccccc3[nH]2)cc1.c1ccc(-c2ccc(-c3ccccc3)o2)cc1.c1ccc(-c2cnc(-c3ccccc3)o2)cc1.c1ccc(-c2nnc(-c3ccccc3)o2)cc1.c1ccc(-c2oc(-c3ccccc3)c3ccccc23)cc1. The van der Waals surface area contributed by atoms with Crippen LogP contribution in [0.2, 0.25) is 0 Å². The molecule has 2 N–H and O–H groups in total. The van der Waals surface area contributed by atoms with Crippen molar-refractivity contribution in [2.45, 2.75) is 0 Å². The third kappa shape index (κ3) is 17.0. The van der Waals surface area contributed by atoms with E-state index in [2.05, 4.69) is 201 Å². The van der Waals surface area contributed by atoms with Crippen LogP contribution in [0.25, 0.3) is 157 Å². The summed E-state index contributed by atoms with van der Waals surface area (Å²) >= 11 is 0. The summed E-state index contributed by atoms with van der Waals surface area (Å²) in [4.78, 5) is 11.3. The van der Waals surface area contributed by atoms with Gasteiger partial charge >= 0.3 is 0 Å². The molecule has 0 aliphatic rings. The fourth-order valence-corrected chi connectivity index (χ4v) is 12.6. The van der Waals surface area contributed by atoms with Crippen molar-refractivity contribution in [3.63, 3.8) is 0 Å². The van der Waals surface area contributed by atoms with Gasteiger partial charge in [-0.1, -0.05) is 358 Å². The third-order valence-electron chi connectivity index (χ3n) is 17.9. The van der Waals surface area contributed by atoms with Crippen molar-refractivity contribution < 1.29 is 20.5 Å². The number of hydrogen-bond donors (Lipinski definition) is 2. The van der Waals surface area contributed by atoms with Crippen LogP contribution in [0.3, 0.4) is 0 Å². The summed E-state index contributed by atoms with van der Waals surface area (Å²) in [5, 5.41) is 12.9. The number of aromatic nitrogens is 5. The fraction of sp³-hybridized carbons (Fsp3) is 0. The minimum atomic E-state index is 0. The molecule has 108 heavy (non-hydrogen) atoms. The highest BCUT2D eigenvalue weighted by atomic mass is 16.4. The molecule has 20 rings (SSSR count). The van der Waals surface area contributed by atoms with Gasteiger partial charge in [0.2, 0.25) is 17.7 Å². The van der Waals surface area contributed by atoms with Crippen molar-refractivity contribution >= 4 is 32.6 Å². The second kappa shape index (κ2) is 34.5. The highest BCUT2D eigenvalue weighted by Crippen LogP contribution is 2.41. The standard InChI is InChI=1S/C20H15N.C20H14O.C16H12O.C15H11NO.C14H10N2O.C14H11N.2H2/c1-3-9-15(10-4-1)19-17-13-7-8-14-18(17)21-20(19)16-11-5-2-6-12-16;1-3-9-15(10-4-1)19-17-13-7-8-14-18(17)20(21-19)16-11-5-2-6-12-16;1-3-7-13(8-4-1)15-11-12-16(17-15)14-9-5-2-6-10-14;1-3-7-12(8-4-1)14-11-16-15(17-14)13-9-5-2-6-10-13;1-3-7-11(8-4-1)13-15-16-14(17-13)12-9-5-2-6-10-12;1-2-6-11(7-3-1)14-10-12-8-4-5-9-13(12)15-14;;/h1-14,21H;1-14H;1-12H;1-11H;1-10H;1-10,15H;2*1H. The average Bonchev–Trinajstić information content (AvgIpc) is 1.82. The molecule has 0 fully saturated rings. The number of fused-ring (bicyclic) bond motifs is 3. The topological polar surface area (TPSA) is 123 Å². The van der Waals surface area contributed by atoms with Crippen LogP contribution in [-0.2, 0) is 0 Å². The van der Waals surface area contributed by atoms with Gasteiger partial charge in [-0.2, -0.15) is 0 Å². The molecule has 6 heterocycles. The fourth-order valence-electron chi connectivity index (χ4n) is 12.6. The molecule has 9 nitrogen and oxygen atoms in total. The molecule has 14 aromatic carbocycles. The summed E-state index contributed by atoms with van der Waals surface area (Å²) in [6.45, 7) is 0. The predicted molar refractivity (Wildman–Crippen MR) is 446 cm³/mol. The quantitative estimate of drug-likeness (QED) is 0.132. The minimum Gasteiger partial charge on any atom is -0.456 e. The highest BCUT2D eigenvalue weighted by Gasteiger charge is 2.18. The lowest BCUT2D eigenvalue weighted by molar-refractivity contribution is 0.584. The van der Waals surface area contributed by atoms with E-state index in [0.717, 1.165) is 84.1 Å². The normalized spacial score (nSPS) is 10.6. The van der Waals surface area contributed by atoms with Crippen LogP contribution in [0.1, 0.15) is 2.85 Å². The molecular weight excluding hydrogens is 1320 g/mol. The summed E-state index contributed by atoms with van der Waals surface area (Å²) in [6.07, 6.45) is 1.76. The molecule has 0 aliphatic carbocycles. The molecule has 0 radical (unpaired) electrons. The molecule has 6 aromatic heterocycles. The second-order valence-corrected chi connectivity index (χ2v) is 25.1. The maximum Gasteiger partial charge on any atom is 0.248 e. The lowest BCUT2D eigenvalue weighted by Crippen LogP contribution is -1.82. The number of para-hydroxylation sites is 2. The number of aromatic amines is 2. The van der Waals surface area contributed by atoms with E-state index >= 15 is 0 Å². The van der Waals surface area contributed by atoms with Gasteiger partial charge < -0.3 is 27.6 Å². The Labute approximate surface area is 630 Å². The van der Waals surface area contributed by atoms with E-state index in [1.165, 1.54) is 55.4 Å². The van der Waals surface area contributed by atoms with Gasteiger partial charge in [-0.15, -0.1) is 10.2 Å². The van der Waals surface area contributed by atoms with Gasteiger partial charge in [0.05, 0.1) is 11.9 Å². The van der Waals surface area contributed by atoms with E-state index in [1.54, 1.807) is 6.20 Å². The first kappa shape index (κ1) is 69.1. The smallest absolute Gasteiger partial charge is 0.248 e. The molecule has 0 bridgehead atoms. The van der Waals surface area contributed by atoms with Crippen LogP contribution < -0.4 is 0 Å². The summed E-state index contributed by atoms with van der Waals surface area (Å²) < 4.78 is 23.5. The van der Waals surface area contributed by atoms with Crippen molar-refractivity contribution in [1.82, 2.24) is 25.1 Å². The molecule has 0 atom stereocenters. The molecule has 0 unspecified atom stereocenters. The molecule has 0 saturated carbocycles. The van der Waals surface area contributed by atoms with Gasteiger partial charge in [0, 0.05) is 91.2 Å². The predicted octanol–water partition coefficient (Wildman–Crippen LogP) is 27.6. The van der Waals surface area contributed by atoms with E-state index < -0.39 is 0 Å². The first-order valence-corrected chi connectivity index (χ1v) is 35.8. The molecule has 20 aromatic rings. The second-order valence-electron chi connectivity index (χ2n) is 25.1. The first-order chi connectivity index (χ1) is 53.6. The van der Waals surface area contributed by atoms with Gasteiger partial charge in [0.25, 0.3) is 0 Å². The van der Waals surface area contributed by atoms with Crippen molar-refractivity contribution in [2.75, 3.05) is 0 Å². The average molecular weight is 1400 g/mol. The first-order valence-electron chi connectivity index (χ1n) is 35.8. The van der Waals surface area contributed by atoms with Crippen LogP contribution in [-0.4, -0.2) is 25.1 Å². The van der Waals surface area contributed by atoms with Crippen molar-refractivity contribution in [2.24, 2.45) is 0 Å². The van der Waals surface area contributed by atoms with E-state index in [0.29, 0.717) is 17.7 Å². The number of oxazole rings is 1. The number of hydrogen-bond acceptors (Lipinski definition) is 7. The highest BCUT2D eigenvalue weighted by molar-refractivity contribution is 6.04. The Balaban J connectivity index is 0.000000116.